The van der Waals surface area contributed by atoms with Gasteiger partial charge in [-0.25, -0.2) is 16.8 Å². The van der Waals surface area contributed by atoms with Crippen molar-refractivity contribution in [2.75, 3.05) is 10.6 Å². The van der Waals surface area contributed by atoms with Crippen molar-refractivity contribution in [3.05, 3.63) is 197 Å². The van der Waals surface area contributed by atoms with Gasteiger partial charge in [-0.1, -0.05) is 113 Å². The molecule has 0 amide bonds. The molecule has 0 aliphatic rings. The van der Waals surface area contributed by atoms with E-state index < -0.39 is 57.6 Å². The van der Waals surface area contributed by atoms with Crippen LogP contribution in [-0.4, -0.2) is 47.7 Å². The topological polar surface area (TPSA) is 213 Å². The van der Waals surface area contributed by atoms with Gasteiger partial charge in [0.1, 0.15) is 31.7 Å². The minimum atomic E-state index is -5.39. The van der Waals surface area contributed by atoms with E-state index in [-0.39, 0.29) is 58.2 Å². The Kier molecular flexibility index (Phi) is 18.9. The van der Waals surface area contributed by atoms with E-state index in [0.29, 0.717) is 107 Å². The summed E-state index contributed by atoms with van der Waals surface area (Å²) in [7, 11) is -10.6. The monoisotopic (exact) mass is 1180 g/mol. The van der Waals surface area contributed by atoms with E-state index in [0.717, 1.165) is 28.3 Å². The molecule has 0 spiro atoms. The molecule has 0 saturated heterocycles. The van der Waals surface area contributed by atoms with Gasteiger partial charge >= 0.3 is 29.6 Å². The quantitative estimate of drug-likeness (QED) is 0.0367. The van der Waals surface area contributed by atoms with Gasteiger partial charge in [0.05, 0.1) is 9.79 Å². The fourth-order valence-electron chi connectivity index (χ4n) is 11.6. The van der Waals surface area contributed by atoms with Gasteiger partial charge in [0.25, 0.3) is 0 Å². The van der Waals surface area contributed by atoms with Crippen molar-refractivity contribution < 1.29 is 75.3 Å². The smallest absolute Gasteiger partial charge is 0.744 e. The molecule has 84 heavy (non-hydrogen) atoms. The summed E-state index contributed by atoms with van der Waals surface area (Å²) in [6.45, 7) is 39.2. The van der Waals surface area contributed by atoms with Crippen LogP contribution in [0.1, 0.15) is 204 Å². The van der Waals surface area contributed by atoms with Gasteiger partial charge in [-0.3, -0.25) is 9.59 Å². The van der Waals surface area contributed by atoms with Gasteiger partial charge in [0.2, 0.25) is 0 Å². The summed E-state index contributed by atoms with van der Waals surface area (Å²) in [6.07, 6.45) is 0. The Bertz CT molecular complexity index is 3780. The molecule has 0 aliphatic heterocycles. The van der Waals surface area contributed by atoms with Crippen LogP contribution < -0.4 is 40.2 Å². The van der Waals surface area contributed by atoms with Crippen LogP contribution in [0.25, 0.3) is 0 Å². The number of phenolic OH excluding ortho intramolecular Hbond substituents is 2. The van der Waals surface area contributed by atoms with E-state index in [1.165, 1.54) is 6.07 Å². The number of rotatable bonds is 13. The predicted molar refractivity (Wildman–Crippen MR) is 331 cm³/mol. The van der Waals surface area contributed by atoms with Crippen LogP contribution in [0.3, 0.4) is 0 Å². The van der Waals surface area contributed by atoms with Crippen molar-refractivity contribution in [1.29, 1.82) is 0 Å². The van der Waals surface area contributed by atoms with Crippen LogP contribution in [-0.2, 0) is 41.9 Å². The fourth-order valence-corrected chi connectivity index (χ4v) is 12.9. The van der Waals surface area contributed by atoms with E-state index in [1.807, 2.05) is 175 Å². The van der Waals surface area contributed by atoms with E-state index in [9.17, 15) is 45.7 Å². The van der Waals surface area contributed by atoms with Crippen LogP contribution in [0.2, 0.25) is 0 Å². The molecule has 15 heteroatoms. The molecule has 4 N–H and O–H groups in total. The first-order chi connectivity index (χ1) is 37.9. The molecule has 12 nitrogen and oxygen atoms in total. The average molecular weight is 1180 g/mol. The number of hydrogen-bond acceptors (Lipinski definition) is 12. The van der Waals surface area contributed by atoms with Gasteiger partial charge in [-0.05, 0) is 199 Å². The predicted octanol–water partition coefficient (Wildman–Crippen LogP) is 12.7. The molecule has 0 unspecified atom stereocenters. The fraction of sp³-hybridized carbons (Fsp3) is 0.362. The van der Waals surface area contributed by atoms with Crippen LogP contribution in [0.5, 0.6) is 11.5 Å². The Hall–Kier alpha value is -6.10. The number of phenols is 2. The second-order valence-corrected chi connectivity index (χ2v) is 29.4. The minimum Gasteiger partial charge on any atom is -0.744 e. The molecule has 0 fully saturated rings. The Morgan fingerprint density at radius 1 is 0.429 bits per heavy atom. The Labute approximate surface area is 520 Å². The summed E-state index contributed by atoms with van der Waals surface area (Å²) >= 11 is 0. The van der Waals surface area contributed by atoms with E-state index in [2.05, 4.69) is 10.6 Å². The van der Waals surface area contributed by atoms with Gasteiger partial charge in [0.15, 0.2) is 11.6 Å². The average Bonchev–Trinajstić information content (AvgIpc) is 1.14. The summed E-state index contributed by atoms with van der Waals surface area (Å²) in [5.41, 5.74) is 12.6. The standard InChI is InChI=1S/C69H82N2O10S2.Na/c1-36-29-46(70-60-40(5)27-38(3)57(42(60)7)62(72)44-31-52(66(9,10)11)64(74)53(32-44)67(12,13)14)21-24-49(36)59(51-26-23-48(82(76,77)78)35-56(51)83(79,80)81)50-25-22-47(30-37(50)2)71-61-41(6)28-39(4)58(43(61)8)63(73)45-33-54(68(15,16)17)65(75)55(34-45)69(18,19)20;/h21-35,59,70-71,74-75H,1-20H3,(H,76,77,78)(H,79,80,81);/q;+1/p-2. The molecule has 0 aromatic heterocycles. The summed E-state index contributed by atoms with van der Waals surface area (Å²) in [4.78, 5) is 27.9. The minimum absolute atomic E-state index is 0. The number of carbonyl (C=O) groups is 2. The van der Waals surface area contributed by atoms with E-state index in [4.69, 9.17) is 0 Å². The molecule has 0 atom stereocenters. The third-order valence-electron chi connectivity index (χ3n) is 15.9. The van der Waals surface area contributed by atoms with Crippen molar-refractivity contribution >= 4 is 54.6 Å². The molecule has 7 rings (SSSR count). The number of nitrogens with one attached hydrogen (secondary N) is 2. The molecule has 0 heterocycles. The normalized spacial score (nSPS) is 12.6. The van der Waals surface area contributed by atoms with Crippen LogP contribution in [0.15, 0.2) is 101 Å². The molecule has 7 aromatic carbocycles. The van der Waals surface area contributed by atoms with Crippen molar-refractivity contribution in [3.63, 3.8) is 0 Å². The molecular formula is C69H80N2NaO10S2-. The van der Waals surface area contributed by atoms with Gasteiger partial charge in [0, 0.05) is 73.2 Å². The number of anilines is 4. The Balaban J connectivity index is 0.0000113. The zero-order valence-corrected chi connectivity index (χ0v) is 56.3. The number of benzene rings is 7. The van der Waals surface area contributed by atoms with Gasteiger partial charge in [-0.15, -0.1) is 0 Å². The van der Waals surface area contributed by atoms with E-state index in [1.54, 1.807) is 36.4 Å². The SMILES string of the molecule is Cc1cc(Nc2c(C)cc(C)c(C(=O)c3cc(C(C)(C)C)c(O)c(C(C)(C)C)c3)c2C)ccc1C(c1ccc(Nc2c(C)cc(C)c(C(=O)c3cc(C(C)(C)C)c(O)c(C(C)(C)C)c3)c2C)cc1C)c1ccc(S(=O)(=O)[O-])cc1S(=O)(=O)[O-].[Na+]. The number of aromatic hydroxyl groups is 2. The number of aryl methyl sites for hydroxylation is 6. The maximum Gasteiger partial charge on any atom is 1.00 e. The zero-order chi connectivity index (χ0) is 62.3. The van der Waals surface area contributed by atoms with Gasteiger partial charge < -0.3 is 30.0 Å². The number of ketones is 2. The third-order valence-corrected chi connectivity index (χ3v) is 17.7. The second kappa shape index (κ2) is 23.6. The van der Waals surface area contributed by atoms with Crippen molar-refractivity contribution in [3.8, 4) is 11.5 Å². The molecule has 0 radical (unpaired) electrons. The number of carbonyl (C=O) groups excluding carboxylic acids is 2. The summed E-state index contributed by atoms with van der Waals surface area (Å²) in [5.74, 6) is -1.03. The molecule has 7 aromatic rings. The molecule has 0 saturated carbocycles. The van der Waals surface area contributed by atoms with Gasteiger partial charge in [-0.2, -0.15) is 0 Å². The summed E-state index contributed by atoms with van der Waals surface area (Å²) in [6, 6.07) is 24.9. The zero-order valence-electron chi connectivity index (χ0n) is 52.7. The summed E-state index contributed by atoms with van der Waals surface area (Å²) < 4.78 is 76.6. The first-order valence-electron chi connectivity index (χ1n) is 27.8. The maximum absolute atomic E-state index is 14.8. The molecular weight excluding hydrogens is 1100 g/mol. The van der Waals surface area contributed by atoms with E-state index >= 15 is 0 Å². The van der Waals surface area contributed by atoms with Crippen LogP contribution in [0.4, 0.5) is 22.7 Å². The molecule has 440 valence electrons. The largest absolute Gasteiger partial charge is 1.00 e. The first kappa shape index (κ1) is 67.0. The summed E-state index contributed by atoms with van der Waals surface area (Å²) in [5, 5.41) is 30.0. The Morgan fingerprint density at radius 2 is 0.750 bits per heavy atom. The van der Waals surface area contributed by atoms with Crippen molar-refractivity contribution in [2.45, 2.75) is 176 Å². The van der Waals surface area contributed by atoms with Crippen molar-refractivity contribution in [1.82, 2.24) is 0 Å². The number of hydrogen-bond donors (Lipinski definition) is 4. The third kappa shape index (κ3) is 13.6. The van der Waals surface area contributed by atoms with Crippen LogP contribution >= 0.6 is 0 Å². The Morgan fingerprint density at radius 3 is 1.04 bits per heavy atom. The first-order valence-corrected chi connectivity index (χ1v) is 30.6. The molecule has 0 aliphatic carbocycles. The van der Waals surface area contributed by atoms with Crippen LogP contribution in [0, 0.1) is 55.4 Å². The second-order valence-electron chi connectivity index (χ2n) is 26.7. The molecule has 0 bridgehead atoms. The van der Waals surface area contributed by atoms with Crippen molar-refractivity contribution in [2.24, 2.45) is 0 Å². The maximum atomic E-state index is 14.8.